The van der Waals surface area contributed by atoms with Crippen LogP contribution in [0.25, 0.3) is 0 Å². The molecule has 0 aliphatic rings. The van der Waals surface area contributed by atoms with Crippen molar-refractivity contribution in [3.63, 3.8) is 0 Å². The Kier molecular flexibility index (Phi) is 5.52. The molecule has 1 N–H and O–H groups in total. The number of pyridine rings is 1. The first-order valence-corrected chi connectivity index (χ1v) is 7.17. The second kappa shape index (κ2) is 7.39. The number of aromatic nitrogens is 1. The molecule has 2 aromatic rings. The van der Waals surface area contributed by atoms with E-state index in [1.807, 2.05) is 0 Å². The van der Waals surface area contributed by atoms with Crippen LogP contribution in [0.4, 0.5) is 10.2 Å². The molecule has 1 heterocycles. The minimum Gasteiger partial charge on any atom is -0.452 e. The Morgan fingerprint density at radius 1 is 1.22 bits per heavy atom. The van der Waals surface area contributed by atoms with Crippen LogP contribution in [0, 0.1) is 12.7 Å². The number of carbonyl (C=O) groups excluding carboxylic acids is 2. The third kappa shape index (κ3) is 4.64. The Morgan fingerprint density at radius 2 is 1.87 bits per heavy atom. The molecule has 2 rings (SSSR count). The molecule has 0 aliphatic heterocycles. The zero-order valence-electron chi connectivity index (χ0n) is 11.9. The van der Waals surface area contributed by atoms with E-state index in [4.69, 9.17) is 27.9 Å². The van der Waals surface area contributed by atoms with Gasteiger partial charge in [0.1, 0.15) is 5.82 Å². The first-order valence-electron chi connectivity index (χ1n) is 6.42. The standard InChI is InChI=1S/C15H11Cl2FN2O3/c1-8-11(16)6-12(17)14(19-8)20-13(21)7-23-15(22)9-2-4-10(18)5-3-9/h2-6H,7H2,1H3,(H,19,20,21). The number of benzene rings is 1. The van der Waals surface area contributed by atoms with E-state index in [2.05, 4.69) is 10.3 Å². The minimum absolute atomic E-state index is 0.122. The maximum Gasteiger partial charge on any atom is 0.338 e. The van der Waals surface area contributed by atoms with E-state index in [0.717, 1.165) is 12.1 Å². The van der Waals surface area contributed by atoms with Crippen LogP contribution in [0.15, 0.2) is 30.3 Å². The highest BCUT2D eigenvalue weighted by Gasteiger charge is 2.13. The molecule has 1 aromatic carbocycles. The van der Waals surface area contributed by atoms with Crippen molar-refractivity contribution < 1.29 is 18.7 Å². The van der Waals surface area contributed by atoms with Crippen LogP contribution in [0.5, 0.6) is 0 Å². The normalized spacial score (nSPS) is 10.3. The van der Waals surface area contributed by atoms with Crippen molar-refractivity contribution in [1.29, 1.82) is 0 Å². The van der Waals surface area contributed by atoms with Gasteiger partial charge in [0.15, 0.2) is 12.4 Å². The molecule has 5 nitrogen and oxygen atoms in total. The number of anilines is 1. The zero-order valence-corrected chi connectivity index (χ0v) is 13.4. The maximum absolute atomic E-state index is 12.8. The number of rotatable bonds is 4. The van der Waals surface area contributed by atoms with Gasteiger partial charge >= 0.3 is 5.97 Å². The maximum atomic E-state index is 12.8. The summed E-state index contributed by atoms with van der Waals surface area (Å²) in [6, 6.07) is 6.21. The third-order valence-electron chi connectivity index (χ3n) is 2.78. The predicted octanol–water partition coefficient (Wildman–Crippen LogP) is 3.63. The van der Waals surface area contributed by atoms with Crippen LogP contribution in [0.3, 0.4) is 0 Å². The molecule has 0 saturated carbocycles. The summed E-state index contributed by atoms with van der Waals surface area (Å²) in [5.74, 6) is -1.71. The summed E-state index contributed by atoms with van der Waals surface area (Å²) in [4.78, 5) is 27.5. The van der Waals surface area contributed by atoms with Crippen molar-refractivity contribution >= 4 is 40.9 Å². The minimum atomic E-state index is -0.744. The number of nitrogens with one attached hydrogen (secondary N) is 1. The Hall–Kier alpha value is -2.18. The van der Waals surface area contributed by atoms with Crippen molar-refractivity contribution in [2.75, 3.05) is 11.9 Å². The highest BCUT2D eigenvalue weighted by molar-refractivity contribution is 6.36. The quantitative estimate of drug-likeness (QED) is 0.849. The van der Waals surface area contributed by atoms with E-state index in [9.17, 15) is 14.0 Å². The molecule has 0 spiro atoms. The second-order valence-corrected chi connectivity index (χ2v) is 5.33. The van der Waals surface area contributed by atoms with Crippen molar-refractivity contribution in [3.8, 4) is 0 Å². The van der Waals surface area contributed by atoms with E-state index >= 15 is 0 Å². The van der Waals surface area contributed by atoms with Crippen molar-refractivity contribution in [2.24, 2.45) is 0 Å². The lowest BCUT2D eigenvalue weighted by molar-refractivity contribution is -0.119. The number of hydrogen-bond donors (Lipinski definition) is 1. The third-order valence-corrected chi connectivity index (χ3v) is 3.45. The molecule has 8 heteroatoms. The number of esters is 1. The molecule has 1 aromatic heterocycles. The molecule has 0 unspecified atom stereocenters. The number of aryl methyl sites for hydroxylation is 1. The van der Waals surface area contributed by atoms with Crippen molar-refractivity contribution in [2.45, 2.75) is 6.92 Å². The van der Waals surface area contributed by atoms with Crippen molar-refractivity contribution in [1.82, 2.24) is 4.98 Å². The molecular weight excluding hydrogens is 346 g/mol. The monoisotopic (exact) mass is 356 g/mol. The van der Waals surface area contributed by atoms with Gasteiger partial charge in [0.05, 0.1) is 21.3 Å². The smallest absolute Gasteiger partial charge is 0.338 e. The molecule has 0 atom stereocenters. The van der Waals surface area contributed by atoms with Gasteiger partial charge < -0.3 is 10.1 Å². The average molecular weight is 357 g/mol. The summed E-state index contributed by atoms with van der Waals surface area (Å²) in [5, 5.41) is 2.95. The molecule has 0 radical (unpaired) electrons. The lowest BCUT2D eigenvalue weighted by Crippen LogP contribution is -2.21. The van der Waals surface area contributed by atoms with Gasteiger partial charge in [-0.05, 0) is 37.3 Å². The fourth-order valence-electron chi connectivity index (χ4n) is 1.61. The first kappa shape index (κ1) is 17.2. The lowest BCUT2D eigenvalue weighted by Gasteiger charge is -2.09. The van der Waals surface area contributed by atoms with Crippen LogP contribution in [0.2, 0.25) is 10.0 Å². The fourth-order valence-corrected chi connectivity index (χ4v) is 2.02. The molecule has 0 bridgehead atoms. The van der Waals surface area contributed by atoms with E-state index in [0.29, 0.717) is 10.7 Å². The molecule has 23 heavy (non-hydrogen) atoms. The Bertz CT molecular complexity index is 751. The topological polar surface area (TPSA) is 68.3 Å². The number of nitrogens with zero attached hydrogens (tertiary/aromatic N) is 1. The highest BCUT2D eigenvalue weighted by Crippen LogP contribution is 2.25. The van der Waals surface area contributed by atoms with Crippen LogP contribution >= 0.6 is 23.2 Å². The number of ether oxygens (including phenoxy) is 1. The first-order chi connectivity index (χ1) is 10.9. The van der Waals surface area contributed by atoms with Gasteiger partial charge in [-0.3, -0.25) is 4.79 Å². The Morgan fingerprint density at radius 3 is 2.52 bits per heavy atom. The zero-order chi connectivity index (χ0) is 17.0. The highest BCUT2D eigenvalue weighted by atomic mass is 35.5. The number of hydrogen-bond acceptors (Lipinski definition) is 4. The number of carbonyl (C=O) groups is 2. The molecule has 0 fully saturated rings. The van der Waals surface area contributed by atoms with E-state index in [-0.39, 0.29) is 16.4 Å². The summed E-state index contributed by atoms with van der Waals surface area (Å²) in [6.07, 6.45) is 0. The second-order valence-electron chi connectivity index (χ2n) is 4.52. The van der Waals surface area contributed by atoms with Gasteiger partial charge in [-0.25, -0.2) is 14.2 Å². The summed E-state index contributed by atoms with van der Waals surface area (Å²) in [7, 11) is 0. The van der Waals surface area contributed by atoms with Gasteiger partial charge in [-0.15, -0.1) is 0 Å². The largest absolute Gasteiger partial charge is 0.452 e. The van der Waals surface area contributed by atoms with Gasteiger partial charge in [0, 0.05) is 0 Å². The van der Waals surface area contributed by atoms with Crippen LogP contribution in [-0.2, 0) is 9.53 Å². The van der Waals surface area contributed by atoms with Gasteiger partial charge in [-0.1, -0.05) is 23.2 Å². The Balaban J connectivity index is 1.94. The summed E-state index contributed by atoms with van der Waals surface area (Å²) in [5.41, 5.74) is 0.632. The number of halogens is 3. The van der Waals surface area contributed by atoms with E-state index in [1.54, 1.807) is 6.92 Å². The van der Waals surface area contributed by atoms with Crippen LogP contribution in [-0.4, -0.2) is 23.5 Å². The molecule has 120 valence electrons. The molecule has 0 saturated heterocycles. The number of amides is 1. The predicted molar refractivity (Wildman–Crippen MR) is 84.3 cm³/mol. The van der Waals surface area contributed by atoms with Gasteiger partial charge in [0.25, 0.3) is 5.91 Å². The SMILES string of the molecule is Cc1nc(NC(=O)COC(=O)c2ccc(F)cc2)c(Cl)cc1Cl. The van der Waals surface area contributed by atoms with E-state index in [1.165, 1.54) is 18.2 Å². The van der Waals surface area contributed by atoms with E-state index < -0.39 is 24.3 Å². The average Bonchev–Trinajstić information content (AvgIpc) is 2.51. The fraction of sp³-hybridized carbons (Fsp3) is 0.133. The lowest BCUT2D eigenvalue weighted by atomic mass is 10.2. The molecule has 1 amide bonds. The van der Waals surface area contributed by atoms with Gasteiger partial charge in [-0.2, -0.15) is 0 Å². The molecule has 0 aliphatic carbocycles. The van der Waals surface area contributed by atoms with Crippen LogP contribution in [0.1, 0.15) is 16.1 Å². The van der Waals surface area contributed by atoms with Crippen molar-refractivity contribution in [3.05, 3.63) is 57.5 Å². The Labute approximate surface area is 141 Å². The summed E-state index contributed by atoms with van der Waals surface area (Å²) in [6.45, 7) is 1.12. The summed E-state index contributed by atoms with van der Waals surface area (Å²) < 4.78 is 17.6. The molecular formula is C15H11Cl2FN2O3. The van der Waals surface area contributed by atoms with Gasteiger partial charge in [0.2, 0.25) is 0 Å². The summed E-state index contributed by atoms with van der Waals surface area (Å²) >= 11 is 11.8. The van der Waals surface area contributed by atoms with Crippen LogP contribution < -0.4 is 5.32 Å².